The fraction of sp³-hybridized carbons (Fsp3) is 0.429. The zero-order valence-electron chi connectivity index (χ0n) is 11.1. The first-order valence-electron chi connectivity index (χ1n) is 6.35. The van der Waals surface area contributed by atoms with Gasteiger partial charge in [-0.05, 0) is 11.6 Å². The summed E-state index contributed by atoms with van der Waals surface area (Å²) in [4.78, 5) is 22.2. The van der Waals surface area contributed by atoms with Gasteiger partial charge < -0.3 is 20.3 Å². The Labute approximate surface area is 116 Å². The molecule has 1 aromatic carbocycles. The third kappa shape index (κ3) is 2.75. The van der Waals surface area contributed by atoms with E-state index >= 15 is 0 Å². The molecule has 1 fully saturated rings. The minimum Gasteiger partial charge on any atom is -0.496 e. The van der Waals surface area contributed by atoms with Gasteiger partial charge in [-0.15, -0.1) is 0 Å². The van der Waals surface area contributed by atoms with Crippen LogP contribution >= 0.6 is 0 Å². The van der Waals surface area contributed by atoms with E-state index in [1.807, 2.05) is 18.2 Å². The molecule has 3 atom stereocenters. The standard InChI is InChI=1S/C14H17NO5/c1-20-11-5-3-2-4-8(11)10-7-15-13(14(18)19)9(10)6-12(16)17/h2-5,9-10,13,15H,6-7H2,1H3,(H,16,17)(H,18,19). The van der Waals surface area contributed by atoms with Crippen molar-refractivity contribution in [3.05, 3.63) is 29.8 Å². The second-order valence-electron chi connectivity index (χ2n) is 4.83. The molecule has 3 unspecified atom stereocenters. The zero-order valence-corrected chi connectivity index (χ0v) is 11.1. The summed E-state index contributed by atoms with van der Waals surface area (Å²) in [6.45, 7) is 0.426. The molecule has 0 aromatic heterocycles. The number of hydrogen-bond donors (Lipinski definition) is 3. The second kappa shape index (κ2) is 5.92. The van der Waals surface area contributed by atoms with Gasteiger partial charge in [-0.1, -0.05) is 18.2 Å². The largest absolute Gasteiger partial charge is 0.496 e. The van der Waals surface area contributed by atoms with Crippen LogP contribution in [0.5, 0.6) is 5.75 Å². The second-order valence-corrected chi connectivity index (χ2v) is 4.83. The van der Waals surface area contributed by atoms with Crippen molar-refractivity contribution in [3.63, 3.8) is 0 Å². The van der Waals surface area contributed by atoms with Crippen LogP contribution < -0.4 is 10.1 Å². The van der Waals surface area contributed by atoms with Gasteiger partial charge in [-0.25, -0.2) is 0 Å². The Morgan fingerprint density at radius 1 is 1.35 bits per heavy atom. The quantitative estimate of drug-likeness (QED) is 0.742. The minimum absolute atomic E-state index is 0.188. The highest BCUT2D eigenvalue weighted by Gasteiger charge is 2.42. The number of carbonyl (C=O) groups is 2. The van der Waals surface area contributed by atoms with Crippen molar-refractivity contribution in [3.8, 4) is 5.75 Å². The maximum absolute atomic E-state index is 11.2. The van der Waals surface area contributed by atoms with E-state index in [0.29, 0.717) is 12.3 Å². The maximum Gasteiger partial charge on any atom is 0.321 e. The molecule has 6 nitrogen and oxygen atoms in total. The lowest BCUT2D eigenvalue weighted by molar-refractivity contribution is -0.142. The maximum atomic E-state index is 11.2. The smallest absolute Gasteiger partial charge is 0.321 e. The summed E-state index contributed by atoms with van der Waals surface area (Å²) < 4.78 is 5.28. The van der Waals surface area contributed by atoms with Gasteiger partial charge in [0.15, 0.2) is 0 Å². The van der Waals surface area contributed by atoms with Gasteiger partial charge in [-0.2, -0.15) is 0 Å². The van der Waals surface area contributed by atoms with Crippen LogP contribution in [0.1, 0.15) is 17.9 Å². The molecule has 6 heteroatoms. The Morgan fingerprint density at radius 2 is 2.05 bits per heavy atom. The topological polar surface area (TPSA) is 95.9 Å². The van der Waals surface area contributed by atoms with Crippen molar-refractivity contribution >= 4 is 11.9 Å². The van der Waals surface area contributed by atoms with Crippen molar-refractivity contribution in [2.24, 2.45) is 5.92 Å². The number of benzene rings is 1. The molecular weight excluding hydrogens is 262 g/mol. The van der Waals surface area contributed by atoms with Gasteiger partial charge >= 0.3 is 11.9 Å². The van der Waals surface area contributed by atoms with E-state index in [2.05, 4.69) is 5.32 Å². The lowest BCUT2D eigenvalue weighted by Gasteiger charge is -2.22. The molecule has 108 valence electrons. The van der Waals surface area contributed by atoms with Crippen LogP contribution in [0, 0.1) is 5.92 Å². The summed E-state index contributed by atoms with van der Waals surface area (Å²) in [5.74, 6) is -2.05. The molecule has 1 aromatic rings. The average Bonchev–Trinajstić information content (AvgIpc) is 2.81. The first kappa shape index (κ1) is 14.3. The molecule has 2 rings (SSSR count). The number of nitrogens with one attached hydrogen (secondary N) is 1. The fourth-order valence-corrected chi connectivity index (χ4v) is 2.83. The number of methoxy groups -OCH3 is 1. The molecule has 1 aliphatic heterocycles. The molecule has 0 radical (unpaired) electrons. The normalized spacial score (nSPS) is 25.4. The Morgan fingerprint density at radius 3 is 2.65 bits per heavy atom. The fourth-order valence-electron chi connectivity index (χ4n) is 2.83. The summed E-state index contributed by atoms with van der Waals surface area (Å²) in [5.41, 5.74) is 0.845. The highest BCUT2D eigenvalue weighted by atomic mass is 16.5. The Kier molecular flexibility index (Phi) is 4.24. The van der Waals surface area contributed by atoms with Gasteiger partial charge in [0.1, 0.15) is 11.8 Å². The van der Waals surface area contributed by atoms with E-state index in [1.54, 1.807) is 13.2 Å². The van der Waals surface area contributed by atoms with E-state index in [0.717, 1.165) is 5.56 Å². The number of para-hydroxylation sites is 1. The highest BCUT2D eigenvalue weighted by Crippen LogP contribution is 2.38. The highest BCUT2D eigenvalue weighted by molar-refractivity contribution is 5.77. The summed E-state index contributed by atoms with van der Waals surface area (Å²) in [6.07, 6.45) is -0.188. The van der Waals surface area contributed by atoms with E-state index < -0.39 is 23.9 Å². The summed E-state index contributed by atoms with van der Waals surface area (Å²) in [6, 6.07) is 6.46. The van der Waals surface area contributed by atoms with Crippen LogP contribution in [0.3, 0.4) is 0 Å². The Balaban J connectivity index is 2.34. The minimum atomic E-state index is -1.02. The predicted molar refractivity (Wildman–Crippen MR) is 70.9 cm³/mol. The molecule has 3 N–H and O–H groups in total. The molecule has 20 heavy (non-hydrogen) atoms. The van der Waals surface area contributed by atoms with Gasteiger partial charge in [0.05, 0.1) is 13.5 Å². The molecule has 1 aliphatic rings. The van der Waals surface area contributed by atoms with E-state index in [4.69, 9.17) is 9.84 Å². The van der Waals surface area contributed by atoms with Crippen LogP contribution in [0.4, 0.5) is 0 Å². The number of carboxylic acid groups (broad SMARTS) is 2. The van der Waals surface area contributed by atoms with E-state index in [-0.39, 0.29) is 12.3 Å². The lowest BCUT2D eigenvalue weighted by atomic mass is 9.82. The summed E-state index contributed by atoms with van der Waals surface area (Å²) in [7, 11) is 1.54. The number of ether oxygens (including phenoxy) is 1. The SMILES string of the molecule is COc1ccccc1C1CNC(C(=O)O)C1CC(=O)O. The zero-order chi connectivity index (χ0) is 14.7. The first-order valence-corrected chi connectivity index (χ1v) is 6.35. The van der Waals surface area contributed by atoms with Crippen molar-refractivity contribution in [1.29, 1.82) is 0 Å². The van der Waals surface area contributed by atoms with Crippen molar-refractivity contribution in [2.75, 3.05) is 13.7 Å². The van der Waals surface area contributed by atoms with E-state index in [1.165, 1.54) is 0 Å². The summed E-state index contributed by atoms with van der Waals surface area (Å²) in [5, 5.41) is 21.1. The van der Waals surface area contributed by atoms with Gasteiger partial charge in [0.25, 0.3) is 0 Å². The van der Waals surface area contributed by atoms with Crippen LogP contribution in [0.15, 0.2) is 24.3 Å². The molecule has 1 heterocycles. The van der Waals surface area contributed by atoms with Crippen LogP contribution in [-0.4, -0.2) is 41.8 Å². The van der Waals surface area contributed by atoms with Crippen molar-refractivity contribution in [1.82, 2.24) is 5.32 Å². The predicted octanol–water partition coefficient (Wildman–Crippen LogP) is 0.926. The van der Waals surface area contributed by atoms with Crippen molar-refractivity contribution in [2.45, 2.75) is 18.4 Å². The molecule has 1 saturated heterocycles. The first-order chi connectivity index (χ1) is 9.54. The Bertz CT molecular complexity index is 516. The molecular formula is C14H17NO5. The monoisotopic (exact) mass is 279 g/mol. The van der Waals surface area contributed by atoms with Gasteiger partial charge in [-0.3, -0.25) is 9.59 Å². The third-order valence-corrected chi connectivity index (χ3v) is 3.72. The van der Waals surface area contributed by atoms with Crippen LogP contribution in [0.2, 0.25) is 0 Å². The van der Waals surface area contributed by atoms with Crippen LogP contribution in [-0.2, 0) is 9.59 Å². The van der Waals surface area contributed by atoms with Gasteiger partial charge in [0.2, 0.25) is 0 Å². The molecule has 0 amide bonds. The van der Waals surface area contributed by atoms with Gasteiger partial charge in [0, 0.05) is 18.4 Å². The average molecular weight is 279 g/mol. The Hall–Kier alpha value is -2.08. The number of rotatable bonds is 5. The molecule has 0 bridgehead atoms. The molecule has 0 spiro atoms. The summed E-state index contributed by atoms with van der Waals surface area (Å²) >= 11 is 0. The number of carboxylic acids is 2. The van der Waals surface area contributed by atoms with Crippen LogP contribution in [0.25, 0.3) is 0 Å². The van der Waals surface area contributed by atoms with Crippen molar-refractivity contribution < 1.29 is 24.5 Å². The number of aliphatic carboxylic acids is 2. The molecule has 0 saturated carbocycles. The lowest BCUT2D eigenvalue weighted by Crippen LogP contribution is -2.36. The molecule has 0 aliphatic carbocycles. The van der Waals surface area contributed by atoms with E-state index in [9.17, 15) is 14.7 Å². The third-order valence-electron chi connectivity index (χ3n) is 3.72. The number of hydrogen-bond acceptors (Lipinski definition) is 4.